The molecule has 1 atom stereocenters. The molecule has 1 aliphatic rings. The Morgan fingerprint density at radius 1 is 1.08 bits per heavy atom. The Kier molecular flexibility index (Phi) is 1.27. The smallest absolute Gasteiger partial charge is 0.0839 e. The molecule has 0 heterocycles. The second-order valence-electron chi connectivity index (χ2n) is 3.58. The van der Waals surface area contributed by atoms with E-state index < -0.39 is 0 Å². The Hall–Kier alpha value is -1.34. The molecule has 0 radical (unpaired) electrons. The fourth-order valence-corrected chi connectivity index (χ4v) is 2.09. The van der Waals surface area contributed by atoms with Crippen LogP contribution in [0.5, 0.6) is 0 Å². The third kappa shape index (κ3) is 0.850. The van der Waals surface area contributed by atoms with Crippen LogP contribution < -0.4 is 0 Å². The average molecular weight is 170 g/mol. The van der Waals surface area contributed by atoms with E-state index >= 15 is 0 Å². The number of aliphatic hydroxyl groups is 1. The molecule has 0 amide bonds. The van der Waals surface area contributed by atoms with E-state index in [4.69, 9.17) is 0 Å². The van der Waals surface area contributed by atoms with Crippen LogP contribution >= 0.6 is 0 Å². The SMILES string of the molecule is OC1Cc2ccc3ccccc3c21. The van der Waals surface area contributed by atoms with E-state index in [9.17, 15) is 5.11 Å². The van der Waals surface area contributed by atoms with E-state index in [2.05, 4.69) is 24.3 Å². The Labute approximate surface area is 76.6 Å². The van der Waals surface area contributed by atoms with Crippen molar-refractivity contribution < 1.29 is 5.11 Å². The third-order valence-electron chi connectivity index (χ3n) is 2.81. The van der Waals surface area contributed by atoms with E-state index in [1.165, 1.54) is 16.3 Å². The van der Waals surface area contributed by atoms with E-state index in [0.29, 0.717) is 0 Å². The maximum atomic E-state index is 9.60. The summed E-state index contributed by atoms with van der Waals surface area (Å²) in [6, 6.07) is 12.5. The molecule has 0 saturated heterocycles. The zero-order valence-electron chi connectivity index (χ0n) is 7.20. The zero-order chi connectivity index (χ0) is 8.84. The number of benzene rings is 2. The van der Waals surface area contributed by atoms with Crippen LogP contribution in [0.3, 0.4) is 0 Å². The van der Waals surface area contributed by atoms with Gasteiger partial charge in [0.25, 0.3) is 0 Å². The molecule has 0 aromatic heterocycles. The van der Waals surface area contributed by atoms with Gasteiger partial charge in [0.1, 0.15) is 0 Å². The fourth-order valence-electron chi connectivity index (χ4n) is 2.09. The first-order chi connectivity index (χ1) is 6.36. The standard InChI is InChI=1S/C12H10O/c13-11-7-9-6-5-8-3-1-2-4-10(8)12(9)11/h1-6,11,13H,7H2. The van der Waals surface area contributed by atoms with Gasteiger partial charge in [-0.1, -0.05) is 36.4 Å². The molecule has 0 spiro atoms. The van der Waals surface area contributed by atoms with E-state index in [1.54, 1.807) is 0 Å². The van der Waals surface area contributed by atoms with Crippen LogP contribution in [0.2, 0.25) is 0 Å². The molecular weight excluding hydrogens is 160 g/mol. The van der Waals surface area contributed by atoms with Gasteiger partial charge in [-0.3, -0.25) is 0 Å². The average Bonchev–Trinajstić information content (AvgIpc) is 2.14. The summed E-state index contributed by atoms with van der Waals surface area (Å²) < 4.78 is 0. The molecule has 0 fully saturated rings. The first kappa shape index (κ1) is 7.10. The molecular formula is C12H10O. The van der Waals surface area contributed by atoms with Crippen molar-refractivity contribution in [1.82, 2.24) is 0 Å². The molecule has 1 unspecified atom stereocenters. The quantitative estimate of drug-likeness (QED) is 0.643. The normalized spacial score (nSPS) is 19.6. The summed E-state index contributed by atoms with van der Waals surface area (Å²) >= 11 is 0. The predicted octanol–water partition coefficient (Wildman–Crippen LogP) is 2.43. The first-order valence-corrected chi connectivity index (χ1v) is 4.55. The lowest BCUT2D eigenvalue weighted by Crippen LogP contribution is -2.16. The molecule has 1 aliphatic carbocycles. The second kappa shape index (κ2) is 2.33. The summed E-state index contributed by atoms with van der Waals surface area (Å²) in [6.45, 7) is 0. The van der Waals surface area contributed by atoms with Gasteiger partial charge in [0, 0.05) is 6.42 Å². The van der Waals surface area contributed by atoms with Gasteiger partial charge in [0.15, 0.2) is 0 Å². The van der Waals surface area contributed by atoms with Crippen molar-refractivity contribution in [3.8, 4) is 0 Å². The molecule has 2 aromatic carbocycles. The van der Waals surface area contributed by atoms with Gasteiger partial charge < -0.3 is 5.11 Å². The molecule has 1 nitrogen and oxygen atoms in total. The summed E-state index contributed by atoms with van der Waals surface area (Å²) in [4.78, 5) is 0. The minimum Gasteiger partial charge on any atom is -0.388 e. The zero-order valence-corrected chi connectivity index (χ0v) is 7.20. The van der Waals surface area contributed by atoms with Gasteiger partial charge in [-0.2, -0.15) is 0 Å². The lowest BCUT2D eigenvalue weighted by molar-refractivity contribution is 0.156. The van der Waals surface area contributed by atoms with Crippen molar-refractivity contribution in [2.75, 3.05) is 0 Å². The summed E-state index contributed by atoms with van der Waals surface area (Å²) in [6.07, 6.45) is 0.585. The number of fused-ring (bicyclic) bond motifs is 3. The molecule has 0 aliphatic heterocycles. The van der Waals surface area contributed by atoms with Crippen molar-refractivity contribution >= 4 is 10.8 Å². The number of hydrogen-bond donors (Lipinski definition) is 1. The lowest BCUT2D eigenvalue weighted by Gasteiger charge is -2.27. The van der Waals surface area contributed by atoms with Crippen LogP contribution in [-0.2, 0) is 6.42 Å². The van der Waals surface area contributed by atoms with Gasteiger partial charge in [-0.15, -0.1) is 0 Å². The summed E-state index contributed by atoms with van der Waals surface area (Å²) in [5.74, 6) is 0. The molecule has 1 N–H and O–H groups in total. The fraction of sp³-hybridized carbons (Fsp3) is 0.167. The van der Waals surface area contributed by atoms with E-state index in [-0.39, 0.29) is 6.10 Å². The van der Waals surface area contributed by atoms with Crippen molar-refractivity contribution in [2.24, 2.45) is 0 Å². The molecule has 3 rings (SSSR count). The Morgan fingerprint density at radius 3 is 2.77 bits per heavy atom. The highest BCUT2D eigenvalue weighted by Crippen LogP contribution is 2.38. The van der Waals surface area contributed by atoms with Crippen molar-refractivity contribution in [2.45, 2.75) is 12.5 Å². The highest BCUT2D eigenvalue weighted by atomic mass is 16.3. The number of hydrogen-bond acceptors (Lipinski definition) is 1. The minimum atomic E-state index is -0.235. The molecule has 13 heavy (non-hydrogen) atoms. The topological polar surface area (TPSA) is 20.2 Å². The Balaban J connectivity index is 2.43. The largest absolute Gasteiger partial charge is 0.388 e. The second-order valence-corrected chi connectivity index (χ2v) is 3.58. The third-order valence-corrected chi connectivity index (χ3v) is 2.81. The van der Waals surface area contributed by atoms with Gasteiger partial charge in [-0.25, -0.2) is 0 Å². The Morgan fingerprint density at radius 2 is 1.92 bits per heavy atom. The van der Waals surface area contributed by atoms with Gasteiger partial charge in [0.2, 0.25) is 0 Å². The molecule has 0 bridgehead atoms. The Bertz CT molecular complexity index is 474. The predicted molar refractivity (Wildman–Crippen MR) is 52.6 cm³/mol. The van der Waals surface area contributed by atoms with E-state index in [0.717, 1.165) is 12.0 Å². The number of aliphatic hydroxyl groups excluding tert-OH is 1. The molecule has 0 saturated carbocycles. The van der Waals surface area contributed by atoms with Crippen LogP contribution in [0.25, 0.3) is 10.8 Å². The molecule has 64 valence electrons. The maximum Gasteiger partial charge on any atom is 0.0839 e. The summed E-state index contributed by atoms with van der Waals surface area (Å²) in [5, 5.41) is 12.0. The summed E-state index contributed by atoms with van der Waals surface area (Å²) in [5.41, 5.74) is 2.43. The van der Waals surface area contributed by atoms with Gasteiger partial charge in [0.05, 0.1) is 6.10 Å². The van der Waals surface area contributed by atoms with Gasteiger partial charge >= 0.3 is 0 Å². The van der Waals surface area contributed by atoms with Crippen molar-refractivity contribution in [3.05, 3.63) is 47.5 Å². The molecule has 2 aromatic rings. The van der Waals surface area contributed by atoms with Crippen LogP contribution in [0.15, 0.2) is 36.4 Å². The van der Waals surface area contributed by atoms with Crippen LogP contribution in [-0.4, -0.2) is 5.11 Å². The van der Waals surface area contributed by atoms with Crippen LogP contribution in [0, 0.1) is 0 Å². The van der Waals surface area contributed by atoms with Crippen molar-refractivity contribution in [1.29, 1.82) is 0 Å². The monoisotopic (exact) mass is 170 g/mol. The first-order valence-electron chi connectivity index (χ1n) is 4.55. The van der Waals surface area contributed by atoms with Crippen LogP contribution in [0.4, 0.5) is 0 Å². The lowest BCUT2D eigenvalue weighted by atomic mass is 9.82. The van der Waals surface area contributed by atoms with E-state index in [1.807, 2.05) is 12.1 Å². The van der Waals surface area contributed by atoms with Crippen molar-refractivity contribution in [3.63, 3.8) is 0 Å². The molecule has 1 heteroatoms. The van der Waals surface area contributed by atoms with Gasteiger partial charge in [-0.05, 0) is 21.9 Å². The maximum absolute atomic E-state index is 9.60. The highest BCUT2D eigenvalue weighted by Gasteiger charge is 2.25. The number of rotatable bonds is 0. The summed E-state index contributed by atoms with van der Waals surface area (Å²) in [7, 11) is 0. The minimum absolute atomic E-state index is 0.235. The highest BCUT2D eigenvalue weighted by molar-refractivity contribution is 5.88. The van der Waals surface area contributed by atoms with Crippen LogP contribution in [0.1, 0.15) is 17.2 Å².